The van der Waals surface area contributed by atoms with Gasteiger partial charge in [0.15, 0.2) is 30.2 Å². The summed E-state index contributed by atoms with van der Waals surface area (Å²) in [4.78, 5) is 125. The number of phenols is 3. The molecule has 0 unspecified atom stereocenters. The zero-order valence-electron chi connectivity index (χ0n) is 68.3. The molecule has 9 aliphatic rings. The van der Waals surface area contributed by atoms with E-state index in [9.17, 15) is 55.5 Å². The Bertz CT molecular complexity index is 5030. The van der Waals surface area contributed by atoms with Gasteiger partial charge in [0.25, 0.3) is 0 Å². The highest BCUT2D eigenvalue weighted by Gasteiger charge is 2.53. The van der Waals surface area contributed by atoms with Crippen LogP contribution in [-0.4, -0.2) is 252 Å². The van der Waals surface area contributed by atoms with Gasteiger partial charge in [0.1, 0.15) is 95.5 Å². The van der Waals surface area contributed by atoms with E-state index in [2.05, 4.69) is 42.3 Å². The molecule has 9 aliphatic heterocycles. The number of amides is 8. The van der Waals surface area contributed by atoms with E-state index < -0.39 is 239 Å². The molecule has 0 spiro atoms. The summed E-state index contributed by atoms with van der Waals surface area (Å²) in [7, 11) is 1.49. The number of hydrogen-bond acceptors (Lipinski definition) is 30. The van der Waals surface area contributed by atoms with Crippen LogP contribution in [0.1, 0.15) is 131 Å². The number of fused-ring (bicyclic) bond motifs is 15. The van der Waals surface area contributed by atoms with Gasteiger partial charge in [-0.3, -0.25) is 43.4 Å². The molecule has 6 aromatic carbocycles. The fraction of sp³-hybridized carbons (Fsp3) is 0.464. The lowest BCUT2D eigenvalue weighted by Gasteiger charge is -2.47. The number of aliphatic hydroxyl groups excluding tert-OH is 6. The molecule has 38 nitrogen and oxygen atoms in total. The monoisotopic (exact) mass is 1760 g/mol. The van der Waals surface area contributed by atoms with E-state index in [4.69, 9.17) is 78.3 Å². The first-order chi connectivity index (χ1) is 58.8. The van der Waals surface area contributed by atoms with E-state index >= 15 is 28.8 Å². The molecule has 0 aromatic heterocycles. The number of likely N-dealkylation sites (N-methyl/N-ethyl adjacent to an activating group) is 1. The third kappa shape index (κ3) is 20.0. The van der Waals surface area contributed by atoms with Crippen molar-refractivity contribution in [3.63, 3.8) is 0 Å². The molecule has 4 fully saturated rings. The molecule has 0 radical (unpaired) electrons. The smallest absolute Gasteiger partial charge is 0.249 e. The van der Waals surface area contributed by atoms with Crippen molar-refractivity contribution in [2.75, 3.05) is 39.8 Å². The SMILES string of the molecule is CN[C@H](CC(C)C)C(=O)N[C@H]1C(=O)N[C@@H](CC(N)=O)C(=O)N[C@H]2C(=O)N[C@H]3C(=O)N[C@H](C(=O)N[C@H](C(=O)N4CCN(/N=C/c5ccc(Cl)cc5)CC4)c4cc(O)cc(O)c4-c4cc3ccc4O)[C@H](O[C@H]3C[C@](C)(N)[C@@H](O)[C@H](C)O3)c3ccc(cc3)Oc3cc2cc(c3O[C@@H]2O[C@H](CO)[C@@H](O)[C@H](O)[C@H]2O[C@H]2C[C@](C)(N)[C@@H](O)[C@H](C)O2)Oc2ccc(cc2Cl)[C@H]1O. The predicted octanol–water partition coefficient (Wildman–Crippen LogP) is 1.44. The summed E-state index contributed by atoms with van der Waals surface area (Å²) in [6.07, 6.45) is -20.8. The zero-order valence-corrected chi connectivity index (χ0v) is 69.9. The van der Waals surface area contributed by atoms with Gasteiger partial charge in [0, 0.05) is 59.2 Å². The Morgan fingerprint density at radius 3 is 1.90 bits per heavy atom. The zero-order chi connectivity index (χ0) is 89.4. The summed E-state index contributed by atoms with van der Waals surface area (Å²) in [6.45, 7) is 8.93. The number of hydrazone groups is 1. The number of aromatic hydroxyl groups is 3. The molecule has 22 atom stereocenters. The van der Waals surface area contributed by atoms with E-state index in [1.165, 1.54) is 76.0 Å². The van der Waals surface area contributed by atoms with E-state index in [-0.39, 0.29) is 95.7 Å². The number of carbonyl (C=O) groups is 8. The summed E-state index contributed by atoms with van der Waals surface area (Å²) in [5.74, 6) is -14.0. The van der Waals surface area contributed by atoms with Gasteiger partial charge in [-0.15, -0.1) is 0 Å². The minimum atomic E-state index is -2.35. The summed E-state index contributed by atoms with van der Waals surface area (Å²) in [6, 6.07) is 9.55. The van der Waals surface area contributed by atoms with Crippen LogP contribution in [0.3, 0.4) is 0 Å². The van der Waals surface area contributed by atoms with Crippen molar-refractivity contribution in [1.82, 2.24) is 47.1 Å². The fourth-order valence-corrected chi connectivity index (χ4v) is 16.5. The van der Waals surface area contributed by atoms with Gasteiger partial charge in [-0.1, -0.05) is 73.4 Å². The highest BCUT2D eigenvalue weighted by molar-refractivity contribution is 6.32. The third-order valence-corrected chi connectivity index (χ3v) is 23.4. The Balaban J connectivity index is 1.03. The second kappa shape index (κ2) is 37.7. The number of benzene rings is 6. The normalized spacial score (nSPS) is 30.8. The van der Waals surface area contributed by atoms with E-state index in [1.54, 1.807) is 35.5 Å². The number of piperazine rings is 1. The number of carbonyl (C=O) groups excluding carboxylic acids is 8. The first kappa shape index (κ1) is 91.1. The van der Waals surface area contributed by atoms with Crippen molar-refractivity contribution in [2.24, 2.45) is 28.2 Å². The molecule has 124 heavy (non-hydrogen) atoms. The third-order valence-electron chi connectivity index (χ3n) is 22.9. The number of nitrogens with one attached hydrogen (secondary N) is 7. The van der Waals surface area contributed by atoms with Gasteiger partial charge in [-0.2, -0.15) is 5.10 Å². The minimum absolute atomic E-state index is 0.000883. The highest BCUT2D eigenvalue weighted by Crippen LogP contribution is 2.50. The first-order valence-electron chi connectivity index (χ1n) is 40.2. The average molecular weight is 1760 g/mol. The number of aliphatic hydroxyl groups is 6. The summed E-state index contributed by atoms with van der Waals surface area (Å²) in [5, 5.41) is 131. The van der Waals surface area contributed by atoms with Crippen LogP contribution in [0.5, 0.6) is 46.0 Å². The van der Waals surface area contributed by atoms with Gasteiger partial charge >= 0.3 is 0 Å². The number of nitrogens with two attached hydrogens (primary N) is 3. The van der Waals surface area contributed by atoms with Gasteiger partial charge in [-0.25, -0.2) is 0 Å². The van der Waals surface area contributed by atoms with Gasteiger partial charge < -0.3 is 143 Å². The average Bonchev–Trinajstić information content (AvgIpc) is 0.759. The molecule has 6 aromatic rings. The molecule has 11 bridgehead atoms. The molecule has 4 saturated heterocycles. The fourth-order valence-electron chi connectivity index (χ4n) is 16.1. The van der Waals surface area contributed by atoms with Crippen molar-refractivity contribution < 1.29 is 122 Å². The number of ether oxygens (including phenoxy) is 8. The lowest BCUT2D eigenvalue weighted by atomic mass is 9.86. The van der Waals surface area contributed by atoms with Gasteiger partial charge in [0.05, 0.1) is 67.8 Å². The number of halogens is 2. The van der Waals surface area contributed by atoms with E-state index in [1.807, 2.05) is 13.8 Å². The molecule has 22 N–H and O–H groups in total. The van der Waals surface area contributed by atoms with Crippen molar-refractivity contribution in [3.05, 3.63) is 153 Å². The largest absolute Gasteiger partial charge is 0.508 e. The number of phenolic OH excluding ortho intramolecular Hbond substituents is 3. The molecular formula is C84H101Cl2N13O25. The molecule has 15 rings (SSSR count). The van der Waals surface area contributed by atoms with Crippen LogP contribution in [0, 0.1) is 5.92 Å². The van der Waals surface area contributed by atoms with Crippen molar-refractivity contribution in [2.45, 2.75) is 201 Å². The summed E-state index contributed by atoms with van der Waals surface area (Å²) in [5.41, 5.74) is 15.1. The van der Waals surface area contributed by atoms with Gasteiger partial charge in [-0.05, 0) is 147 Å². The van der Waals surface area contributed by atoms with Crippen LogP contribution in [0.2, 0.25) is 10.0 Å². The Morgan fingerprint density at radius 2 is 1.28 bits per heavy atom. The number of nitrogens with zero attached hydrogens (tertiary/aromatic N) is 3. The molecule has 9 heterocycles. The Labute approximate surface area is 720 Å². The summed E-state index contributed by atoms with van der Waals surface area (Å²) < 4.78 is 52.5. The number of primary amides is 1. The second-order valence-electron chi connectivity index (χ2n) is 32.9. The predicted molar refractivity (Wildman–Crippen MR) is 440 cm³/mol. The van der Waals surface area contributed by atoms with Crippen molar-refractivity contribution in [3.8, 4) is 57.1 Å². The van der Waals surface area contributed by atoms with E-state index in [0.29, 0.717) is 10.6 Å². The summed E-state index contributed by atoms with van der Waals surface area (Å²) >= 11 is 13.3. The topological polar surface area (TPSA) is 574 Å². The highest BCUT2D eigenvalue weighted by atomic mass is 35.5. The Hall–Kier alpha value is -10.6. The standard InChI is InChI=1S/C84H101Cl2N13O25/c1-36(2)24-50(90-7)75(110)96-65-67(105)42-13-19-54(49(86)26-42)120-56-28-43-27-55(71(56)124-82-72(69(107)68(106)57(35-100)121-82)123-60-33-84(6,89)74(109)38(4)118-60)119-46-16-10-40(11-17-46)70(122-59-32-83(5,88)73(108)37(3)117-59)66-80(115)95-64(81(116)98-20-22-99(23-21-98)91-34-39-8-14-44(85)15-9-39)48-29-45(101)30-53(103)61(48)47-25-41(12-18-52(47)102)62(77(112)97-66)94-78(113)63(43)93-76(111)51(31-58(87)104)92-79(65)114/h8-19,25-30,34,36-38,50-51,57,59-60,62-70,72-74,82,90,100-103,105-109H,20-24,31-33,35,88-89H2,1-7H3,(H2,87,104)(H,92,114)(H,93,111)(H,94,113)(H,95,115)(H,96,110)(H,97,112)/b91-34+/t37-,38-,50+,51-,57+,59-,60-,62+,63+,64-,65+,66-,67+,68+,69-,70+,72+,73-,74-,82-,83-,84-/m0/s1. The number of rotatable bonds is 17. The first-order valence-corrected chi connectivity index (χ1v) is 41.0. The van der Waals surface area contributed by atoms with Gasteiger partial charge in [0.2, 0.25) is 59.3 Å². The lowest BCUT2D eigenvalue weighted by Crippen LogP contribution is -2.64. The second-order valence-corrected chi connectivity index (χ2v) is 33.7. The van der Waals surface area contributed by atoms with Crippen molar-refractivity contribution >= 4 is 76.7 Å². The van der Waals surface area contributed by atoms with Crippen LogP contribution in [-0.2, 0) is 62.0 Å². The Morgan fingerprint density at radius 1 is 0.669 bits per heavy atom. The Kier molecular flexibility index (Phi) is 27.7. The van der Waals surface area contributed by atoms with Crippen LogP contribution >= 0.6 is 23.2 Å². The van der Waals surface area contributed by atoms with Crippen LogP contribution in [0.25, 0.3) is 11.1 Å². The quantitative estimate of drug-likeness (QED) is 0.0574. The van der Waals surface area contributed by atoms with Crippen molar-refractivity contribution in [1.29, 1.82) is 0 Å². The molecule has 8 amide bonds. The molecule has 40 heteroatoms. The molecule has 0 aliphatic carbocycles. The maximum absolute atomic E-state index is 16.6. The molecule has 666 valence electrons. The van der Waals surface area contributed by atoms with Crippen LogP contribution in [0.15, 0.2) is 114 Å². The minimum Gasteiger partial charge on any atom is -0.508 e. The molecular weight excluding hydrogens is 1660 g/mol. The van der Waals surface area contributed by atoms with Crippen LogP contribution in [0.4, 0.5) is 0 Å². The lowest BCUT2D eigenvalue weighted by molar-refractivity contribution is -0.333. The molecule has 0 saturated carbocycles. The van der Waals surface area contributed by atoms with E-state index in [0.717, 1.165) is 48.5 Å². The maximum Gasteiger partial charge on any atom is 0.249 e. The number of hydrogen-bond donors (Lipinski definition) is 19. The maximum atomic E-state index is 16.6. The van der Waals surface area contributed by atoms with Crippen LogP contribution < -0.4 is 68.6 Å².